The van der Waals surface area contributed by atoms with Crippen LogP contribution in [0.1, 0.15) is 43.0 Å². The number of carbonyl (C=O) groups excluding carboxylic acids is 1. The van der Waals surface area contributed by atoms with Gasteiger partial charge in [-0.05, 0) is 37.0 Å². The highest BCUT2D eigenvalue weighted by molar-refractivity contribution is 5.95. The van der Waals surface area contributed by atoms with Gasteiger partial charge in [-0.15, -0.1) is 0 Å². The van der Waals surface area contributed by atoms with Gasteiger partial charge in [0, 0.05) is 38.3 Å². The van der Waals surface area contributed by atoms with Crippen molar-refractivity contribution in [3.8, 4) is 11.5 Å². The predicted molar refractivity (Wildman–Crippen MR) is 102 cm³/mol. The van der Waals surface area contributed by atoms with E-state index in [0.717, 1.165) is 39.3 Å². The molecule has 1 saturated heterocycles. The van der Waals surface area contributed by atoms with Crippen molar-refractivity contribution in [3.05, 3.63) is 23.8 Å². The van der Waals surface area contributed by atoms with Crippen molar-refractivity contribution in [1.82, 2.24) is 9.80 Å². The minimum Gasteiger partial charge on any atom is -0.454 e. The number of nitrogens with zero attached hydrogens (tertiary/aromatic N) is 2. The van der Waals surface area contributed by atoms with Crippen molar-refractivity contribution in [3.63, 3.8) is 0 Å². The normalized spacial score (nSPS) is 25.6. The topological polar surface area (TPSA) is 51.2 Å². The summed E-state index contributed by atoms with van der Waals surface area (Å²) in [6.45, 7) is 7.61. The Hall–Kier alpha value is -1.79. The zero-order valence-corrected chi connectivity index (χ0v) is 16.2. The average Bonchev–Trinajstić information content (AvgIpc) is 3.17. The third kappa shape index (κ3) is 4.38. The summed E-state index contributed by atoms with van der Waals surface area (Å²) in [5.41, 5.74) is 0.669. The number of hydrogen-bond acceptors (Lipinski definition) is 5. The van der Waals surface area contributed by atoms with Gasteiger partial charge in [0.1, 0.15) is 0 Å². The number of piperazine rings is 1. The molecule has 2 unspecified atom stereocenters. The standard InChI is InChI=1S/C21H30N2O4/c1-16-4-2-3-5-18(16)25-13-12-22-8-10-23(11-9-22)21(24)17-6-7-19-20(14-17)27-15-26-19/h6-7,14,16,18H,2-5,8-13,15H2,1H3. The first-order valence-corrected chi connectivity index (χ1v) is 10.2. The Morgan fingerprint density at radius 2 is 1.89 bits per heavy atom. The number of hydrogen-bond donors (Lipinski definition) is 0. The van der Waals surface area contributed by atoms with Crippen LogP contribution in [0.15, 0.2) is 18.2 Å². The molecule has 1 aromatic carbocycles. The fourth-order valence-electron chi connectivity index (χ4n) is 4.25. The Morgan fingerprint density at radius 3 is 2.70 bits per heavy atom. The highest BCUT2D eigenvalue weighted by Gasteiger charge is 2.25. The number of rotatable bonds is 5. The van der Waals surface area contributed by atoms with Crippen LogP contribution in [0, 0.1) is 5.92 Å². The van der Waals surface area contributed by atoms with Crippen molar-refractivity contribution in [1.29, 1.82) is 0 Å². The van der Waals surface area contributed by atoms with Gasteiger partial charge < -0.3 is 19.1 Å². The summed E-state index contributed by atoms with van der Waals surface area (Å²) in [4.78, 5) is 17.1. The Labute approximate surface area is 161 Å². The van der Waals surface area contributed by atoms with Crippen molar-refractivity contribution < 1.29 is 19.0 Å². The lowest BCUT2D eigenvalue weighted by Crippen LogP contribution is -2.49. The molecular weight excluding hydrogens is 344 g/mol. The van der Waals surface area contributed by atoms with Gasteiger partial charge in [-0.25, -0.2) is 0 Å². The molecule has 148 valence electrons. The number of benzene rings is 1. The second-order valence-electron chi connectivity index (χ2n) is 7.87. The first-order chi connectivity index (χ1) is 13.2. The summed E-state index contributed by atoms with van der Waals surface area (Å²) in [7, 11) is 0. The van der Waals surface area contributed by atoms with Crippen LogP contribution in [-0.4, -0.2) is 67.9 Å². The lowest BCUT2D eigenvalue weighted by molar-refractivity contribution is -0.0173. The molecule has 0 radical (unpaired) electrons. The molecule has 2 heterocycles. The van der Waals surface area contributed by atoms with E-state index in [1.807, 2.05) is 17.0 Å². The zero-order chi connectivity index (χ0) is 18.6. The largest absolute Gasteiger partial charge is 0.454 e. The predicted octanol–water partition coefficient (Wildman–Crippen LogP) is 2.77. The van der Waals surface area contributed by atoms with Gasteiger partial charge in [-0.3, -0.25) is 9.69 Å². The summed E-state index contributed by atoms with van der Waals surface area (Å²) >= 11 is 0. The SMILES string of the molecule is CC1CCCCC1OCCN1CCN(C(=O)c2ccc3c(c2)OCO3)CC1. The van der Waals surface area contributed by atoms with Crippen LogP contribution < -0.4 is 9.47 Å². The molecule has 1 amide bonds. The number of fused-ring (bicyclic) bond motifs is 1. The molecule has 1 aromatic rings. The van der Waals surface area contributed by atoms with Gasteiger partial charge in [-0.1, -0.05) is 19.8 Å². The fraction of sp³-hybridized carbons (Fsp3) is 0.667. The van der Waals surface area contributed by atoms with E-state index in [1.165, 1.54) is 25.7 Å². The van der Waals surface area contributed by atoms with E-state index in [-0.39, 0.29) is 12.7 Å². The minimum atomic E-state index is 0.0697. The van der Waals surface area contributed by atoms with E-state index in [2.05, 4.69) is 11.8 Å². The van der Waals surface area contributed by atoms with Crippen LogP contribution in [0.4, 0.5) is 0 Å². The van der Waals surface area contributed by atoms with Gasteiger partial charge in [0.15, 0.2) is 11.5 Å². The second kappa shape index (κ2) is 8.48. The van der Waals surface area contributed by atoms with Gasteiger partial charge >= 0.3 is 0 Å². The summed E-state index contributed by atoms with van der Waals surface area (Å²) in [5.74, 6) is 2.13. The maximum atomic E-state index is 12.7. The van der Waals surface area contributed by atoms with Gasteiger partial charge in [-0.2, -0.15) is 0 Å². The Bertz CT molecular complexity index is 658. The van der Waals surface area contributed by atoms with Crippen LogP contribution in [0.25, 0.3) is 0 Å². The molecule has 0 N–H and O–H groups in total. The van der Waals surface area contributed by atoms with E-state index >= 15 is 0 Å². The van der Waals surface area contributed by atoms with Gasteiger partial charge in [0.25, 0.3) is 5.91 Å². The van der Waals surface area contributed by atoms with Crippen molar-refractivity contribution in [2.45, 2.75) is 38.7 Å². The molecule has 27 heavy (non-hydrogen) atoms. The second-order valence-corrected chi connectivity index (χ2v) is 7.87. The highest BCUT2D eigenvalue weighted by Crippen LogP contribution is 2.33. The van der Waals surface area contributed by atoms with Crippen LogP contribution >= 0.6 is 0 Å². The zero-order valence-electron chi connectivity index (χ0n) is 16.2. The highest BCUT2D eigenvalue weighted by atomic mass is 16.7. The molecule has 2 atom stereocenters. The smallest absolute Gasteiger partial charge is 0.254 e. The van der Waals surface area contributed by atoms with Gasteiger partial charge in [0.05, 0.1) is 12.7 Å². The third-order valence-corrected chi connectivity index (χ3v) is 6.05. The summed E-state index contributed by atoms with van der Waals surface area (Å²) in [5, 5.41) is 0. The van der Waals surface area contributed by atoms with Crippen molar-refractivity contribution >= 4 is 5.91 Å². The molecule has 1 aliphatic carbocycles. The maximum Gasteiger partial charge on any atom is 0.254 e. The molecular formula is C21H30N2O4. The van der Waals surface area contributed by atoms with E-state index in [1.54, 1.807) is 6.07 Å². The molecule has 6 nitrogen and oxygen atoms in total. The third-order valence-electron chi connectivity index (χ3n) is 6.05. The summed E-state index contributed by atoms with van der Waals surface area (Å²) in [6, 6.07) is 5.42. The van der Waals surface area contributed by atoms with E-state index in [9.17, 15) is 4.79 Å². The Kier molecular flexibility index (Phi) is 5.83. The first kappa shape index (κ1) is 18.6. The Morgan fingerprint density at radius 1 is 1.11 bits per heavy atom. The molecule has 0 spiro atoms. The molecule has 6 heteroatoms. The monoisotopic (exact) mass is 374 g/mol. The quantitative estimate of drug-likeness (QED) is 0.793. The molecule has 4 rings (SSSR count). The van der Waals surface area contributed by atoms with E-state index in [4.69, 9.17) is 14.2 Å². The molecule has 0 aromatic heterocycles. The maximum absolute atomic E-state index is 12.7. The van der Waals surface area contributed by atoms with Crippen molar-refractivity contribution in [2.24, 2.45) is 5.92 Å². The minimum absolute atomic E-state index is 0.0697. The Balaban J connectivity index is 1.21. The summed E-state index contributed by atoms with van der Waals surface area (Å²) < 4.78 is 16.8. The fourth-order valence-corrected chi connectivity index (χ4v) is 4.25. The molecule has 1 saturated carbocycles. The molecule has 0 bridgehead atoms. The van der Waals surface area contributed by atoms with E-state index < -0.39 is 0 Å². The lowest BCUT2D eigenvalue weighted by atomic mass is 9.88. The summed E-state index contributed by atoms with van der Waals surface area (Å²) in [6.07, 6.45) is 5.59. The van der Waals surface area contributed by atoms with Crippen molar-refractivity contribution in [2.75, 3.05) is 46.1 Å². The van der Waals surface area contributed by atoms with Crippen LogP contribution in [0.3, 0.4) is 0 Å². The lowest BCUT2D eigenvalue weighted by Gasteiger charge is -2.35. The van der Waals surface area contributed by atoms with Gasteiger partial charge in [0.2, 0.25) is 6.79 Å². The number of ether oxygens (including phenoxy) is 3. The van der Waals surface area contributed by atoms with Crippen LogP contribution in [-0.2, 0) is 4.74 Å². The average molecular weight is 374 g/mol. The molecule has 2 aliphatic heterocycles. The number of amides is 1. The van der Waals surface area contributed by atoms with E-state index in [0.29, 0.717) is 29.1 Å². The van der Waals surface area contributed by atoms with Crippen LogP contribution in [0.2, 0.25) is 0 Å². The van der Waals surface area contributed by atoms with Crippen LogP contribution in [0.5, 0.6) is 11.5 Å². The molecule has 3 aliphatic rings. The first-order valence-electron chi connectivity index (χ1n) is 10.2. The molecule has 2 fully saturated rings. The number of carbonyl (C=O) groups is 1.